The van der Waals surface area contributed by atoms with Gasteiger partial charge in [-0.1, -0.05) is 30.3 Å². The third-order valence-corrected chi connectivity index (χ3v) is 7.67. The SMILES string of the molecule is CCOC(=O)N1CCN(C(=O)C2Cc3cc([N+](=O)[O-])ccc3N3CCN(Cc4ccccc4)CC23)CC1. The predicted octanol–water partition coefficient (Wildman–Crippen LogP) is 2.76. The van der Waals surface area contributed by atoms with Gasteiger partial charge < -0.3 is 19.4 Å². The fourth-order valence-electron chi connectivity index (χ4n) is 5.81. The van der Waals surface area contributed by atoms with Gasteiger partial charge in [0, 0.05) is 70.2 Å². The molecule has 2 saturated heterocycles. The van der Waals surface area contributed by atoms with Crippen molar-refractivity contribution in [2.45, 2.75) is 25.9 Å². The zero-order valence-corrected chi connectivity index (χ0v) is 21.1. The largest absolute Gasteiger partial charge is 0.450 e. The molecule has 37 heavy (non-hydrogen) atoms. The standard InChI is InChI=1S/C27H33N5O5/c1-2-37-27(34)30-13-11-29(12-14-30)26(33)23-17-21-16-22(32(35)36)8-9-24(21)31-15-10-28(19-25(23)31)18-20-6-4-3-5-7-20/h3-9,16,23,25H,2,10-15,17-19H2,1H3. The second-order valence-corrected chi connectivity index (χ2v) is 9.87. The summed E-state index contributed by atoms with van der Waals surface area (Å²) in [6, 6.07) is 15.3. The molecule has 2 aromatic carbocycles. The molecule has 196 valence electrons. The van der Waals surface area contributed by atoms with Crippen molar-refractivity contribution in [3.63, 3.8) is 0 Å². The molecule has 10 heteroatoms. The molecule has 0 radical (unpaired) electrons. The Balaban J connectivity index is 1.37. The van der Waals surface area contributed by atoms with E-state index >= 15 is 0 Å². The molecule has 2 amide bonds. The second-order valence-electron chi connectivity index (χ2n) is 9.87. The maximum Gasteiger partial charge on any atom is 0.409 e. The van der Waals surface area contributed by atoms with Crippen LogP contribution in [0, 0.1) is 16.0 Å². The summed E-state index contributed by atoms with van der Waals surface area (Å²) in [5.41, 5.74) is 3.13. The van der Waals surface area contributed by atoms with Crippen LogP contribution in [-0.4, -0.2) is 90.1 Å². The molecule has 5 rings (SSSR count). The molecule has 2 fully saturated rings. The van der Waals surface area contributed by atoms with E-state index in [0.717, 1.165) is 37.4 Å². The van der Waals surface area contributed by atoms with Crippen LogP contribution in [-0.2, 0) is 22.5 Å². The van der Waals surface area contributed by atoms with Crippen molar-refractivity contribution < 1.29 is 19.2 Å². The number of benzene rings is 2. The van der Waals surface area contributed by atoms with E-state index in [9.17, 15) is 19.7 Å². The van der Waals surface area contributed by atoms with Crippen molar-refractivity contribution in [1.29, 1.82) is 0 Å². The minimum Gasteiger partial charge on any atom is -0.450 e. The molecule has 0 aromatic heterocycles. The van der Waals surface area contributed by atoms with E-state index in [-0.39, 0.29) is 34.6 Å². The Bertz CT molecular complexity index is 1150. The van der Waals surface area contributed by atoms with Gasteiger partial charge in [-0.3, -0.25) is 19.8 Å². The molecule has 3 aliphatic rings. The number of anilines is 1. The molecule has 3 heterocycles. The Morgan fingerprint density at radius 3 is 2.43 bits per heavy atom. The Kier molecular flexibility index (Phi) is 7.27. The zero-order valence-electron chi connectivity index (χ0n) is 21.1. The fraction of sp³-hybridized carbons (Fsp3) is 0.481. The second kappa shape index (κ2) is 10.8. The highest BCUT2D eigenvalue weighted by Gasteiger charge is 2.43. The Morgan fingerprint density at radius 1 is 1.00 bits per heavy atom. The lowest BCUT2D eigenvalue weighted by atomic mass is 9.82. The summed E-state index contributed by atoms with van der Waals surface area (Å²) in [4.78, 5) is 45.3. The number of ether oxygens (including phenoxy) is 1. The molecule has 3 aliphatic heterocycles. The Labute approximate surface area is 216 Å². The van der Waals surface area contributed by atoms with Crippen LogP contribution in [0.15, 0.2) is 48.5 Å². The number of amides is 2. The van der Waals surface area contributed by atoms with Crippen LogP contribution in [0.1, 0.15) is 18.1 Å². The highest BCUT2D eigenvalue weighted by molar-refractivity contribution is 5.83. The molecule has 2 unspecified atom stereocenters. The van der Waals surface area contributed by atoms with E-state index in [0.29, 0.717) is 39.2 Å². The molecule has 2 aromatic rings. The number of piperazine rings is 2. The number of carbonyl (C=O) groups is 2. The van der Waals surface area contributed by atoms with E-state index < -0.39 is 0 Å². The van der Waals surface area contributed by atoms with Gasteiger partial charge in [0.25, 0.3) is 5.69 Å². The first-order valence-electron chi connectivity index (χ1n) is 13.0. The number of nitrogens with zero attached hydrogens (tertiary/aromatic N) is 5. The van der Waals surface area contributed by atoms with Gasteiger partial charge in [-0.05, 0) is 30.5 Å². The fourth-order valence-corrected chi connectivity index (χ4v) is 5.81. The minimum absolute atomic E-state index is 0.0259. The first-order valence-corrected chi connectivity index (χ1v) is 13.0. The van der Waals surface area contributed by atoms with Gasteiger partial charge in [0.05, 0.1) is 23.5 Å². The van der Waals surface area contributed by atoms with Gasteiger partial charge in [0.1, 0.15) is 0 Å². The average molecular weight is 508 g/mol. The quantitative estimate of drug-likeness (QED) is 0.453. The summed E-state index contributed by atoms with van der Waals surface area (Å²) in [7, 11) is 0. The Morgan fingerprint density at radius 2 is 1.73 bits per heavy atom. The van der Waals surface area contributed by atoms with Gasteiger partial charge in [-0.15, -0.1) is 0 Å². The smallest absolute Gasteiger partial charge is 0.409 e. The summed E-state index contributed by atoms with van der Waals surface area (Å²) in [6.07, 6.45) is 0.123. The lowest BCUT2D eigenvalue weighted by Gasteiger charge is -2.50. The van der Waals surface area contributed by atoms with Crippen molar-refractivity contribution in [1.82, 2.24) is 14.7 Å². The first-order chi connectivity index (χ1) is 17.9. The molecule has 0 saturated carbocycles. The van der Waals surface area contributed by atoms with Crippen LogP contribution < -0.4 is 4.90 Å². The lowest BCUT2D eigenvalue weighted by molar-refractivity contribution is -0.384. The van der Waals surface area contributed by atoms with Gasteiger partial charge in [-0.25, -0.2) is 4.79 Å². The number of hydrogen-bond acceptors (Lipinski definition) is 7. The van der Waals surface area contributed by atoms with Gasteiger partial charge in [0.2, 0.25) is 5.91 Å². The topological polar surface area (TPSA) is 99.5 Å². The van der Waals surface area contributed by atoms with Gasteiger partial charge in [0.15, 0.2) is 0 Å². The van der Waals surface area contributed by atoms with E-state index in [1.54, 1.807) is 24.0 Å². The first kappa shape index (κ1) is 25.0. The maximum atomic E-state index is 13.9. The number of rotatable bonds is 5. The number of non-ortho nitro benzene ring substituents is 1. The summed E-state index contributed by atoms with van der Waals surface area (Å²) < 4.78 is 5.11. The predicted molar refractivity (Wildman–Crippen MR) is 138 cm³/mol. The summed E-state index contributed by atoms with van der Waals surface area (Å²) in [6.45, 7) is 7.04. The number of nitro groups is 1. The average Bonchev–Trinajstić information content (AvgIpc) is 2.92. The minimum atomic E-state index is -0.379. The molecule has 0 spiro atoms. The highest BCUT2D eigenvalue weighted by atomic mass is 16.6. The van der Waals surface area contributed by atoms with E-state index in [2.05, 4.69) is 21.9 Å². The van der Waals surface area contributed by atoms with Crippen LogP contribution in [0.3, 0.4) is 0 Å². The van der Waals surface area contributed by atoms with Crippen molar-refractivity contribution in [3.8, 4) is 0 Å². The zero-order chi connectivity index (χ0) is 25.9. The van der Waals surface area contributed by atoms with Crippen LogP contribution in [0.2, 0.25) is 0 Å². The third kappa shape index (κ3) is 5.24. The van der Waals surface area contributed by atoms with Crippen molar-refractivity contribution in [2.75, 3.05) is 57.3 Å². The van der Waals surface area contributed by atoms with Crippen LogP contribution in [0.4, 0.5) is 16.2 Å². The highest BCUT2D eigenvalue weighted by Crippen LogP contribution is 2.38. The molecule has 0 bridgehead atoms. The van der Waals surface area contributed by atoms with Crippen molar-refractivity contribution in [2.24, 2.45) is 5.92 Å². The van der Waals surface area contributed by atoms with Crippen LogP contribution in [0.5, 0.6) is 0 Å². The Hall–Kier alpha value is -3.66. The van der Waals surface area contributed by atoms with E-state index in [1.807, 2.05) is 29.2 Å². The summed E-state index contributed by atoms with van der Waals surface area (Å²) in [5.74, 6) is -0.264. The normalized spacial score (nSPS) is 21.7. The molecule has 0 aliphatic carbocycles. The molecule has 0 N–H and O–H groups in total. The van der Waals surface area contributed by atoms with Crippen molar-refractivity contribution in [3.05, 3.63) is 69.8 Å². The van der Waals surface area contributed by atoms with Crippen LogP contribution in [0.25, 0.3) is 0 Å². The summed E-state index contributed by atoms with van der Waals surface area (Å²) in [5, 5.41) is 11.4. The number of nitro benzene ring substituents is 1. The van der Waals surface area contributed by atoms with E-state index in [1.165, 1.54) is 5.56 Å². The molecular formula is C27H33N5O5. The van der Waals surface area contributed by atoms with Gasteiger partial charge in [-0.2, -0.15) is 0 Å². The molecule has 2 atom stereocenters. The van der Waals surface area contributed by atoms with Crippen LogP contribution >= 0.6 is 0 Å². The number of fused-ring (bicyclic) bond motifs is 3. The summed E-state index contributed by atoms with van der Waals surface area (Å²) >= 11 is 0. The van der Waals surface area contributed by atoms with Crippen molar-refractivity contribution >= 4 is 23.4 Å². The monoisotopic (exact) mass is 507 g/mol. The lowest BCUT2D eigenvalue weighted by Crippen LogP contribution is -2.62. The maximum absolute atomic E-state index is 13.9. The number of carbonyl (C=O) groups excluding carboxylic acids is 2. The third-order valence-electron chi connectivity index (χ3n) is 7.67. The number of hydrogen-bond donors (Lipinski definition) is 0. The molecule has 10 nitrogen and oxygen atoms in total. The molecular weight excluding hydrogens is 474 g/mol. The van der Waals surface area contributed by atoms with E-state index in [4.69, 9.17) is 4.74 Å². The van der Waals surface area contributed by atoms with Gasteiger partial charge >= 0.3 is 6.09 Å².